The number of alkyl halides is 1. The molecule has 1 N–H and O–H groups in total. The van der Waals surface area contributed by atoms with Crippen molar-refractivity contribution < 1.29 is 18.7 Å². The Balaban J connectivity index is 1.66. The second kappa shape index (κ2) is 11.3. The predicted molar refractivity (Wildman–Crippen MR) is 136 cm³/mol. The number of fused-ring (bicyclic) bond motifs is 1. The van der Waals surface area contributed by atoms with Crippen molar-refractivity contribution in [3.8, 4) is 11.5 Å². The second-order valence-electron chi connectivity index (χ2n) is 8.40. The van der Waals surface area contributed by atoms with E-state index in [2.05, 4.69) is 30.6 Å². The molecule has 2 aromatic carbocycles. The summed E-state index contributed by atoms with van der Waals surface area (Å²) in [7, 11) is 0. The van der Waals surface area contributed by atoms with E-state index in [1.807, 2.05) is 24.3 Å². The minimum atomic E-state index is -0.542. The summed E-state index contributed by atoms with van der Waals surface area (Å²) in [6.07, 6.45) is 7.45. The molecule has 0 saturated carbocycles. The van der Waals surface area contributed by atoms with Crippen LogP contribution in [0.25, 0.3) is 0 Å². The molecule has 2 unspecified atom stereocenters. The van der Waals surface area contributed by atoms with E-state index >= 15 is 0 Å². The second-order valence-corrected chi connectivity index (χ2v) is 8.96. The smallest absolute Gasteiger partial charge is 0.416 e. The van der Waals surface area contributed by atoms with E-state index in [1.54, 1.807) is 11.0 Å². The van der Waals surface area contributed by atoms with Crippen molar-refractivity contribution in [1.82, 2.24) is 10.2 Å². The minimum absolute atomic E-state index is 0.0528. The number of hydrogen-bond donors (Lipinski definition) is 1. The lowest BCUT2D eigenvalue weighted by atomic mass is 9.98. The summed E-state index contributed by atoms with van der Waals surface area (Å²) in [6, 6.07) is 12.4. The fourth-order valence-electron chi connectivity index (χ4n) is 4.23. The fraction of sp³-hybridized carbons (Fsp3) is 0.250. The number of nitrogens with one attached hydrogen (secondary N) is 1. The van der Waals surface area contributed by atoms with Crippen LogP contribution < -0.4 is 14.8 Å². The molecule has 2 aromatic rings. The Morgan fingerprint density at radius 2 is 1.89 bits per heavy atom. The van der Waals surface area contributed by atoms with Crippen LogP contribution in [-0.4, -0.2) is 29.5 Å². The molecule has 0 aromatic heterocycles. The molecular weight excluding hydrogens is 467 g/mol. The number of amides is 1. The van der Waals surface area contributed by atoms with Crippen molar-refractivity contribution in [2.24, 2.45) is 0 Å². The van der Waals surface area contributed by atoms with Crippen LogP contribution in [0.1, 0.15) is 30.9 Å². The maximum absolute atomic E-state index is 13.4. The standard InChI is InChI=1S/C28H28ClFN2O3/c1-3-17-34-24-11-6-20(7-12-24)27-19(2)31-26-15-8-22(29)18-21(26)5-4-16-32(27)28(33)35-25-13-9-23(30)10-14-25/h3,6-7,9-15,18,22,27,31H,1-2,4-5,8,16-17H2. The maximum atomic E-state index is 13.4. The molecular formula is C28H28ClFN2O3. The summed E-state index contributed by atoms with van der Waals surface area (Å²) >= 11 is 6.36. The topological polar surface area (TPSA) is 50.8 Å². The van der Waals surface area contributed by atoms with Crippen molar-refractivity contribution >= 4 is 17.7 Å². The quantitative estimate of drug-likeness (QED) is 0.373. The number of nitrogens with zero attached hydrogens (tertiary/aromatic N) is 1. The highest BCUT2D eigenvalue weighted by atomic mass is 35.5. The van der Waals surface area contributed by atoms with Gasteiger partial charge in [-0.15, -0.1) is 11.6 Å². The lowest BCUT2D eigenvalue weighted by Gasteiger charge is -2.32. The maximum Gasteiger partial charge on any atom is 0.416 e. The number of carbonyl (C=O) groups is 1. The van der Waals surface area contributed by atoms with Gasteiger partial charge in [-0.1, -0.05) is 43.5 Å². The number of allylic oxidation sites excluding steroid dienone is 3. The van der Waals surface area contributed by atoms with Crippen LogP contribution in [0.4, 0.5) is 9.18 Å². The molecule has 182 valence electrons. The molecule has 1 aliphatic carbocycles. The Hall–Kier alpha value is -3.51. The lowest BCUT2D eigenvalue weighted by Crippen LogP contribution is -2.40. The lowest BCUT2D eigenvalue weighted by molar-refractivity contribution is 0.137. The predicted octanol–water partition coefficient (Wildman–Crippen LogP) is 6.65. The molecule has 1 aliphatic heterocycles. The van der Waals surface area contributed by atoms with Crippen LogP contribution in [-0.2, 0) is 0 Å². The van der Waals surface area contributed by atoms with Gasteiger partial charge < -0.3 is 14.8 Å². The van der Waals surface area contributed by atoms with Crippen molar-refractivity contribution in [2.75, 3.05) is 13.2 Å². The summed E-state index contributed by atoms with van der Waals surface area (Å²) in [5.41, 5.74) is 3.56. The molecule has 1 amide bonds. The van der Waals surface area contributed by atoms with E-state index in [4.69, 9.17) is 21.1 Å². The first-order valence-corrected chi connectivity index (χ1v) is 12.0. The van der Waals surface area contributed by atoms with E-state index < -0.39 is 18.0 Å². The SMILES string of the molecule is C=CCOc1ccc(C2C(=C)NC3=CCC(Cl)C=C3CCCN2C(=O)Oc2ccc(F)cc2)cc1. The van der Waals surface area contributed by atoms with Crippen molar-refractivity contribution in [3.05, 3.63) is 108 Å². The number of ether oxygens (including phenoxy) is 2. The molecule has 0 bridgehead atoms. The van der Waals surface area contributed by atoms with Crippen LogP contribution in [0.15, 0.2) is 96.9 Å². The molecule has 1 saturated heterocycles. The van der Waals surface area contributed by atoms with Gasteiger partial charge in [0.2, 0.25) is 0 Å². The van der Waals surface area contributed by atoms with Gasteiger partial charge in [-0.3, -0.25) is 4.90 Å². The Morgan fingerprint density at radius 1 is 1.17 bits per heavy atom. The van der Waals surface area contributed by atoms with Crippen molar-refractivity contribution in [3.63, 3.8) is 0 Å². The zero-order valence-electron chi connectivity index (χ0n) is 19.4. The van der Waals surface area contributed by atoms with Gasteiger partial charge in [-0.25, -0.2) is 9.18 Å². The Kier molecular flexibility index (Phi) is 7.93. The molecule has 2 aliphatic rings. The first-order chi connectivity index (χ1) is 16.9. The van der Waals surface area contributed by atoms with E-state index in [9.17, 15) is 9.18 Å². The average molecular weight is 495 g/mol. The van der Waals surface area contributed by atoms with Crippen molar-refractivity contribution in [1.29, 1.82) is 0 Å². The van der Waals surface area contributed by atoms with E-state index in [1.165, 1.54) is 24.3 Å². The number of rotatable bonds is 5. The van der Waals surface area contributed by atoms with E-state index in [-0.39, 0.29) is 11.1 Å². The highest BCUT2D eigenvalue weighted by Gasteiger charge is 2.31. The highest BCUT2D eigenvalue weighted by Crippen LogP contribution is 2.34. The fourth-order valence-corrected chi connectivity index (χ4v) is 4.47. The molecule has 0 spiro atoms. The largest absolute Gasteiger partial charge is 0.490 e. The Bertz CT molecular complexity index is 1140. The van der Waals surface area contributed by atoms with Gasteiger partial charge in [-0.2, -0.15) is 0 Å². The molecule has 2 atom stereocenters. The molecule has 0 radical (unpaired) electrons. The number of hydrogen-bond acceptors (Lipinski definition) is 4. The Labute approximate surface area is 210 Å². The zero-order chi connectivity index (χ0) is 24.8. The van der Waals surface area contributed by atoms with Crippen molar-refractivity contribution in [2.45, 2.75) is 30.7 Å². The van der Waals surface area contributed by atoms with Gasteiger partial charge in [0, 0.05) is 17.9 Å². The molecule has 7 heteroatoms. The van der Waals surface area contributed by atoms with Crippen LogP contribution in [0, 0.1) is 5.82 Å². The third kappa shape index (κ3) is 6.14. The molecule has 4 rings (SSSR count). The third-order valence-corrected chi connectivity index (χ3v) is 6.18. The molecule has 35 heavy (non-hydrogen) atoms. The van der Waals surface area contributed by atoms with Gasteiger partial charge in [-0.05, 0) is 66.8 Å². The number of halogens is 2. The third-order valence-electron chi connectivity index (χ3n) is 5.87. The van der Waals surface area contributed by atoms with Gasteiger partial charge >= 0.3 is 6.09 Å². The van der Waals surface area contributed by atoms with Crippen LogP contribution in [0.3, 0.4) is 0 Å². The monoisotopic (exact) mass is 494 g/mol. The molecule has 1 fully saturated rings. The van der Waals surface area contributed by atoms with Crippen LogP contribution in [0.5, 0.6) is 11.5 Å². The first-order valence-electron chi connectivity index (χ1n) is 11.5. The summed E-state index contributed by atoms with van der Waals surface area (Å²) in [6.45, 7) is 8.79. The van der Waals surface area contributed by atoms with E-state index in [0.29, 0.717) is 31.0 Å². The average Bonchev–Trinajstić information content (AvgIpc) is 2.92. The summed E-state index contributed by atoms with van der Waals surface area (Å²) in [5, 5.41) is 3.38. The van der Waals surface area contributed by atoms with Gasteiger partial charge in [0.05, 0.1) is 11.4 Å². The van der Waals surface area contributed by atoms with Gasteiger partial charge in [0.15, 0.2) is 0 Å². The highest BCUT2D eigenvalue weighted by molar-refractivity contribution is 6.22. The molecule has 5 nitrogen and oxygen atoms in total. The van der Waals surface area contributed by atoms with Gasteiger partial charge in [0.1, 0.15) is 23.9 Å². The normalized spacial score (nSPS) is 20.2. The number of carbonyl (C=O) groups excluding carboxylic acids is 1. The summed E-state index contributed by atoms with van der Waals surface area (Å²) in [5.74, 6) is 0.568. The first kappa shape index (κ1) is 24.6. The molecule has 1 heterocycles. The van der Waals surface area contributed by atoms with Gasteiger partial charge in [0.25, 0.3) is 0 Å². The van der Waals surface area contributed by atoms with Crippen LogP contribution in [0.2, 0.25) is 0 Å². The van der Waals surface area contributed by atoms with Crippen LogP contribution >= 0.6 is 11.6 Å². The zero-order valence-corrected chi connectivity index (χ0v) is 20.1. The Morgan fingerprint density at radius 3 is 2.60 bits per heavy atom. The minimum Gasteiger partial charge on any atom is -0.490 e. The van der Waals surface area contributed by atoms with E-state index in [0.717, 1.165) is 29.7 Å². The summed E-state index contributed by atoms with van der Waals surface area (Å²) < 4.78 is 24.6. The number of benzene rings is 2. The summed E-state index contributed by atoms with van der Waals surface area (Å²) in [4.78, 5) is 15.0.